The van der Waals surface area contributed by atoms with Crippen molar-refractivity contribution in [2.45, 2.75) is 26.7 Å². The summed E-state index contributed by atoms with van der Waals surface area (Å²) < 4.78 is 28.7. The van der Waals surface area contributed by atoms with Gasteiger partial charge < -0.3 is 18.9 Å². The number of non-ortho nitro benzene ring substituents is 1. The fourth-order valence-corrected chi connectivity index (χ4v) is 4.70. The fraction of sp³-hybridized carbons (Fsp3) is 0.273. The van der Waals surface area contributed by atoms with E-state index in [1.54, 1.807) is 50.2 Å². The van der Waals surface area contributed by atoms with E-state index in [1.807, 2.05) is 0 Å². The molecule has 0 spiro atoms. The third-order valence-corrected chi connectivity index (χ3v) is 6.80. The van der Waals surface area contributed by atoms with Crippen LogP contribution in [0.5, 0.6) is 0 Å². The maximum Gasteiger partial charge on any atom is 0.361 e. The van der Waals surface area contributed by atoms with Crippen LogP contribution in [0.25, 0.3) is 11.3 Å². The molecule has 3 rings (SSSR count). The molecule has 0 aliphatic rings. The molecular formula is C22H24N3O7P. The number of aryl methyl sites for hydroxylation is 1. The Kier molecular flexibility index (Phi) is 8.11. The molecule has 1 heterocycles. The molecule has 1 aromatic heterocycles. The van der Waals surface area contributed by atoms with E-state index in [2.05, 4.69) is 10.5 Å². The number of nitro groups is 1. The van der Waals surface area contributed by atoms with Gasteiger partial charge in [-0.25, -0.2) is 0 Å². The van der Waals surface area contributed by atoms with Crippen LogP contribution in [-0.4, -0.2) is 29.2 Å². The van der Waals surface area contributed by atoms with Gasteiger partial charge >= 0.3 is 7.60 Å². The zero-order valence-corrected chi connectivity index (χ0v) is 19.1. The van der Waals surface area contributed by atoms with E-state index in [1.165, 1.54) is 18.3 Å². The highest BCUT2D eigenvalue weighted by atomic mass is 31.2. The highest BCUT2D eigenvalue weighted by molar-refractivity contribution is 7.62. The van der Waals surface area contributed by atoms with Crippen LogP contribution >= 0.6 is 7.60 Å². The van der Waals surface area contributed by atoms with Gasteiger partial charge in [-0.05, 0) is 56.7 Å². The molecule has 1 N–H and O–H groups in total. The molecule has 33 heavy (non-hydrogen) atoms. The number of anilines is 1. The average molecular weight is 473 g/mol. The van der Waals surface area contributed by atoms with E-state index in [9.17, 15) is 19.5 Å². The standard InChI is InChI=1S/C22H24N3O7P/c1-3-30-33(29,31-4-2)20-12-8-18(9-13-20)24-21(26)14-7-17-15-23-32-22(17)16-5-10-19(11-6-16)25(27)28/h5-6,8-13,15H,3-4,7,14H2,1-2H3,(H,24,26). The Morgan fingerprint density at radius 1 is 1.09 bits per heavy atom. The lowest BCUT2D eigenvalue weighted by molar-refractivity contribution is -0.384. The summed E-state index contributed by atoms with van der Waals surface area (Å²) in [7, 11) is -3.38. The minimum Gasteiger partial charge on any atom is -0.356 e. The van der Waals surface area contributed by atoms with Gasteiger partial charge in [0.1, 0.15) is 0 Å². The van der Waals surface area contributed by atoms with Crippen LogP contribution in [0.15, 0.2) is 59.3 Å². The Morgan fingerprint density at radius 2 is 1.73 bits per heavy atom. The zero-order valence-electron chi connectivity index (χ0n) is 18.2. The first-order valence-electron chi connectivity index (χ1n) is 10.3. The molecule has 10 nitrogen and oxygen atoms in total. The first-order valence-corrected chi connectivity index (χ1v) is 11.9. The summed E-state index contributed by atoms with van der Waals surface area (Å²) in [5, 5.41) is 17.8. The Morgan fingerprint density at radius 3 is 2.30 bits per heavy atom. The molecule has 0 bridgehead atoms. The van der Waals surface area contributed by atoms with Gasteiger partial charge in [-0.2, -0.15) is 0 Å². The lowest BCUT2D eigenvalue weighted by Crippen LogP contribution is -2.14. The van der Waals surface area contributed by atoms with E-state index in [-0.39, 0.29) is 31.2 Å². The summed E-state index contributed by atoms with van der Waals surface area (Å²) in [5.41, 5.74) is 1.87. The zero-order chi connectivity index (χ0) is 23.8. The van der Waals surface area contributed by atoms with Gasteiger partial charge in [-0.15, -0.1) is 0 Å². The molecule has 174 valence electrons. The number of aromatic nitrogens is 1. The van der Waals surface area contributed by atoms with Crippen molar-refractivity contribution in [3.63, 3.8) is 0 Å². The fourth-order valence-electron chi connectivity index (χ4n) is 3.14. The molecule has 11 heteroatoms. The van der Waals surface area contributed by atoms with Crippen molar-refractivity contribution in [3.8, 4) is 11.3 Å². The van der Waals surface area contributed by atoms with E-state index in [4.69, 9.17) is 13.6 Å². The van der Waals surface area contributed by atoms with Crippen LogP contribution < -0.4 is 10.6 Å². The minimum absolute atomic E-state index is 0.0240. The van der Waals surface area contributed by atoms with E-state index < -0.39 is 12.5 Å². The minimum atomic E-state index is -3.38. The maximum atomic E-state index is 12.8. The van der Waals surface area contributed by atoms with Crippen LogP contribution in [0.1, 0.15) is 25.8 Å². The second-order valence-electron chi connectivity index (χ2n) is 6.91. The molecule has 3 aromatic rings. The number of nitro benzene ring substituents is 1. The second-order valence-corrected chi connectivity index (χ2v) is 8.94. The summed E-state index contributed by atoms with van der Waals surface area (Å²) >= 11 is 0. The summed E-state index contributed by atoms with van der Waals surface area (Å²) in [6, 6.07) is 12.4. The number of nitrogens with zero attached hydrogens (tertiary/aromatic N) is 2. The monoisotopic (exact) mass is 473 g/mol. The average Bonchev–Trinajstić information content (AvgIpc) is 3.27. The molecule has 0 aliphatic carbocycles. The largest absolute Gasteiger partial charge is 0.361 e. The van der Waals surface area contributed by atoms with Crippen LogP contribution in [0, 0.1) is 10.1 Å². The first-order chi connectivity index (χ1) is 15.9. The van der Waals surface area contributed by atoms with Gasteiger partial charge in [0.05, 0.1) is 29.6 Å². The molecule has 0 saturated heterocycles. The number of benzene rings is 2. The molecule has 0 atom stereocenters. The second kappa shape index (κ2) is 11.0. The number of carbonyl (C=O) groups is 1. The molecule has 1 amide bonds. The predicted octanol–water partition coefficient (Wildman–Crippen LogP) is 4.71. The molecule has 0 unspecified atom stereocenters. The van der Waals surface area contributed by atoms with E-state index in [0.29, 0.717) is 34.3 Å². The Bertz CT molecular complexity index is 1130. The number of amides is 1. The quantitative estimate of drug-likeness (QED) is 0.240. The third kappa shape index (κ3) is 6.13. The molecule has 0 fully saturated rings. The van der Waals surface area contributed by atoms with Crippen molar-refractivity contribution >= 4 is 30.2 Å². The Hall–Kier alpha value is -3.33. The molecule has 0 radical (unpaired) electrons. The summed E-state index contributed by atoms with van der Waals surface area (Å²) in [5.74, 6) is 0.237. The van der Waals surface area contributed by atoms with Crippen LogP contribution in [0.3, 0.4) is 0 Å². The lowest BCUT2D eigenvalue weighted by atomic mass is 10.0. The topological polar surface area (TPSA) is 134 Å². The number of hydrogen-bond acceptors (Lipinski definition) is 8. The number of nitrogens with one attached hydrogen (secondary N) is 1. The first kappa shape index (κ1) is 24.3. The van der Waals surface area contributed by atoms with Crippen molar-refractivity contribution in [2.24, 2.45) is 0 Å². The molecule has 0 saturated carbocycles. The molecule has 0 aliphatic heterocycles. The van der Waals surface area contributed by atoms with Crippen molar-refractivity contribution < 1.29 is 27.9 Å². The van der Waals surface area contributed by atoms with Crippen molar-refractivity contribution in [1.29, 1.82) is 0 Å². The summed E-state index contributed by atoms with van der Waals surface area (Å²) in [4.78, 5) is 22.8. The molecular weight excluding hydrogens is 449 g/mol. The number of hydrogen-bond donors (Lipinski definition) is 1. The lowest BCUT2D eigenvalue weighted by Gasteiger charge is -2.17. The van der Waals surface area contributed by atoms with Gasteiger partial charge in [0.15, 0.2) is 5.76 Å². The molecule has 2 aromatic carbocycles. The SMILES string of the molecule is CCOP(=O)(OCC)c1ccc(NC(=O)CCc2cnoc2-c2ccc([N+](=O)[O-])cc2)cc1. The van der Waals surface area contributed by atoms with Gasteiger partial charge in [0, 0.05) is 35.4 Å². The number of rotatable bonds is 11. The van der Waals surface area contributed by atoms with Crippen molar-refractivity contribution in [3.05, 3.63) is 70.4 Å². The summed E-state index contributed by atoms with van der Waals surface area (Å²) in [6.07, 6.45) is 2.06. The van der Waals surface area contributed by atoms with Gasteiger partial charge in [-0.3, -0.25) is 19.5 Å². The maximum absolute atomic E-state index is 12.8. The normalized spacial score (nSPS) is 11.3. The van der Waals surface area contributed by atoms with Crippen molar-refractivity contribution in [1.82, 2.24) is 5.16 Å². The van der Waals surface area contributed by atoms with Gasteiger partial charge in [0.2, 0.25) is 5.91 Å². The van der Waals surface area contributed by atoms with E-state index in [0.717, 1.165) is 0 Å². The van der Waals surface area contributed by atoms with E-state index >= 15 is 0 Å². The predicted molar refractivity (Wildman–Crippen MR) is 122 cm³/mol. The van der Waals surface area contributed by atoms with Crippen LogP contribution in [0.2, 0.25) is 0 Å². The number of carbonyl (C=O) groups excluding carboxylic acids is 1. The highest BCUT2D eigenvalue weighted by Gasteiger charge is 2.26. The Labute approximate surface area is 190 Å². The van der Waals surface area contributed by atoms with Crippen LogP contribution in [-0.2, 0) is 24.8 Å². The van der Waals surface area contributed by atoms with Gasteiger partial charge in [-0.1, -0.05) is 5.16 Å². The van der Waals surface area contributed by atoms with Crippen molar-refractivity contribution in [2.75, 3.05) is 18.5 Å². The third-order valence-electron chi connectivity index (χ3n) is 4.67. The summed E-state index contributed by atoms with van der Waals surface area (Å²) in [6.45, 7) is 3.98. The van der Waals surface area contributed by atoms with Crippen LogP contribution in [0.4, 0.5) is 11.4 Å². The van der Waals surface area contributed by atoms with Gasteiger partial charge in [0.25, 0.3) is 5.69 Å². The highest BCUT2D eigenvalue weighted by Crippen LogP contribution is 2.46. The Balaban J connectivity index is 1.61. The smallest absolute Gasteiger partial charge is 0.356 e.